The number of carbonyl (C=O) groups is 1. The zero-order valence-electron chi connectivity index (χ0n) is 14.6. The lowest BCUT2D eigenvalue weighted by molar-refractivity contribution is -0.122. The van der Waals surface area contributed by atoms with E-state index in [1.54, 1.807) is 18.3 Å². The maximum Gasteiger partial charge on any atom is 0.250 e. The number of likely N-dealkylation sites (N-methyl/N-ethyl adjacent to an activating group) is 1. The molecule has 0 saturated carbocycles. The fraction of sp³-hybridized carbons (Fsp3) is 0.368. The summed E-state index contributed by atoms with van der Waals surface area (Å²) in [5.74, 6) is -0.197. The molecule has 1 aromatic heterocycles. The molecule has 2 rings (SSSR count). The molecule has 0 aliphatic rings. The normalized spacial score (nSPS) is 12.2. The molecule has 1 heterocycles. The third-order valence-corrected chi connectivity index (χ3v) is 4.57. The van der Waals surface area contributed by atoms with Crippen molar-refractivity contribution in [3.05, 3.63) is 69.6 Å². The highest BCUT2D eigenvalue weighted by Gasteiger charge is 2.21. The number of pyridine rings is 1. The van der Waals surface area contributed by atoms with Crippen LogP contribution in [0.2, 0.25) is 5.02 Å². The Kier molecular flexibility index (Phi) is 7.22. The van der Waals surface area contributed by atoms with Gasteiger partial charge in [-0.25, -0.2) is 0 Å². The molecule has 0 aliphatic carbocycles. The Balaban J connectivity index is 2.09. The highest BCUT2D eigenvalue weighted by atomic mass is 35.5. The number of hydrogen-bond donors (Lipinski definition) is 1. The van der Waals surface area contributed by atoms with E-state index in [2.05, 4.69) is 24.1 Å². The SMILES string of the molecule is CCN(CC)[C@@H](CNC(=O)Cn1ccccc1=O)c1ccccc1Cl. The van der Waals surface area contributed by atoms with Crippen LogP contribution in [0.15, 0.2) is 53.5 Å². The van der Waals surface area contributed by atoms with E-state index in [4.69, 9.17) is 11.6 Å². The first-order valence-corrected chi connectivity index (χ1v) is 8.85. The van der Waals surface area contributed by atoms with Gasteiger partial charge < -0.3 is 9.88 Å². The minimum atomic E-state index is -0.197. The van der Waals surface area contributed by atoms with Crippen LogP contribution in [0, 0.1) is 0 Å². The molecule has 0 spiro atoms. The van der Waals surface area contributed by atoms with Crippen LogP contribution in [0.5, 0.6) is 0 Å². The van der Waals surface area contributed by atoms with Crippen molar-refractivity contribution in [3.8, 4) is 0 Å². The van der Waals surface area contributed by atoms with Crippen LogP contribution in [-0.2, 0) is 11.3 Å². The largest absolute Gasteiger partial charge is 0.353 e. The summed E-state index contributed by atoms with van der Waals surface area (Å²) in [6, 6.07) is 12.5. The van der Waals surface area contributed by atoms with Crippen LogP contribution in [-0.4, -0.2) is 35.0 Å². The molecule has 6 heteroatoms. The predicted octanol–water partition coefficient (Wildman–Crippen LogP) is 2.70. The van der Waals surface area contributed by atoms with Gasteiger partial charge in [0, 0.05) is 23.8 Å². The summed E-state index contributed by atoms with van der Waals surface area (Å²) in [5.41, 5.74) is 0.800. The van der Waals surface area contributed by atoms with Gasteiger partial charge in [-0.3, -0.25) is 14.5 Å². The van der Waals surface area contributed by atoms with Crippen molar-refractivity contribution in [2.75, 3.05) is 19.6 Å². The van der Waals surface area contributed by atoms with E-state index in [1.165, 1.54) is 10.6 Å². The smallest absolute Gasteiger partial charge is 0.250 e. The van der Waals surface area contributed by atoms with Crippen molar-refractivity contribution in [2.45, 2.75) is 26.4 Å². The molecule has 0 unspecified atom stereocenters. The lowest BCUT2D eigenvalue weighted by Crippen LogP contribution is -2.40. The number of amides is 1. The van der Waals surface area contributed by atoms with Gasteiger partial charge in [0.05, 0.1) is 6.04 Å². The van der Waals surface area contributed by atoms with E-state index in [1.807, 2.05) is 24.3 Å². The van der Waals surface area contributed by atoms with Crippen molar-refractivity contribution in [3.63, 3.8) is 0 Å². The van der Waals surface area contributed by atoms with Crippen molar-refractivity contribution in [2.24, 2.45) is 0 Å². The molecule has 1 aromatic carbocycles. The number of aromatic nitrogens is 1. The van der Waals surface area contributed by atoms with Gasteiger partial charge in [-0.2, -0.15) is 0 Å². The molecule has 1 atom stereocenters. The van der Waals surface area contributed by atoms with Crippen LogP contribution in [0.4, 0.5) is 0 Å². The molecule has 2 aromatic rings. The topological polar surface area (TPSA) is 54.3 Å². The third kappa shape index (κ3) is 5.18. The Morgan fingerprint density at radius 2 is 1.84 bits per heavy atom. The van der Waals surface area contributed by atoms with E-state index in [-0.39, 0.29) is 24.1 Å². The highest BCUT2D eigenvalue weighted by Crippen LogP contribution is 2.26. The average molecular weight is 362 g/mol. The van der Waals surface area contributed by atoms with Gasteiger partial charge in [0.2, 0.25) is 5.91 Å². The van der Waals surface area contributed by atoms with Crippen LogP contribution in [0.1, 0.15) is 25.5 Å². The van der Waals surface area contributed by atoms with Gasteiger partial charge in [0.15, 0.2) is 0 Å². The van der Waals surface area contributed by atoms with Gasteiger partial charge >= 0.3 is 0 Å². The molecule has 134 valence electrons. The molecule has 0 radical (unpaired) electrons. The fourth-order valence-corrected chi connectivity index (χ4v) is 3.12. The summed E-state index contributed by atoms with van der Waals surface area (Å²) in [4.78, 5) is 26.2. The number of nitrogens with zero attached hydrogens (tertiary/aromatic N) is 2. The zero-order valence-corrected chi connectivity index (χ0v) is 15.4. The van der Waals surface area contributed by atoms with Gasteiger partial charge in [0.1, 0.15) is 6.54 Å². The Hall–Kier alpha value is -2.11. The summed E-state index contributed by atoms with van der Waals surface area (Å²) < 4.78 is 1.39. The summed E-state index contributed by atoms with van der Waals surface area (Å²) in [6.45, 7) is 6.30. The Morgan fingerprint density at radius 3 is 2.48 bits per heavy atom. The molecular formula is C19H24ClN3O2. The number of carbonyl (C=O) groups excluding carboxylic acids is 1. The second kappa shape index (κ2) is 9.39. The number of nitrogens with one attached hydrogen (secondary N) is 1. The zero-order chi connectivity index (χ0) is 18.2. The second-order valence-electron chi connectivity index (χ2n) is 5.73. The van der Waals surface area contributed by atoms with Crippen LogP contribution >= 0.6 is 11.6 Å². The van der Waals surface area contributed by atoms with Crippen molar-refractivity contribution < 1.29 is 4.79 Å². The minimum absolute atomic E-state index is 0.00711. The first-order valence-electron chi connectivity index (χ1n) is 8.47. The maximum atomic E-state index is 12.3. The molecule has 0 fully saturated rings. The van der Waals surface area contributed by atoms with Gasteiger partial charge in [-0.05, 0) is 30.8 Å². The van der Waals surface area contributed by atoms with E-state index in [0.717, 1.165) is 18.7 Å². The molecule has 25 heavy (non-hydrogen) atoms. The minimum Gasteiger partial charge on any atom is -0.353 e. The standard InChI is InChI=1S/C19H24ClN3O2/c1-3-22(4-2)17(15-9-5-6-10-16(15)20)13-21-18(24)14-23-12-8-7-11-19(23)25/h5-12,17H,3-4,13-14H2,1-2H3,(H,21,24)/t17-/m0/s1. The van der Waals surface area contributed by atoms with Crippen LogP contribution in [0.25, 0.3) is 0 Å². The van der Waals surface area contributed by atoms with Gasteiger partial charge in [0.25, 0.3) is 5.56 Å². The first kappa shape index (κ1) is 19.2. The number of halogens is 1. The summed E-state index contributed by atoms with van der Waals surface area (Å²) >= 11 is 6.36. The fourth-order valence-electron chi connectivity index (χ4n) is 2.86. The van der Waals surface area contributed by atoms with Gasteiger partial charge in [-0.1, -0.05) is 49.7 Å². The molecular weight excluding hydrogens is 338 g/mol. The first-order chi connectivity index (χ1) is 12.1. The third-order valence-electron chi connectivity index (χ3n) is 4.22. The Bertz CT molecular complexity index is 756. The van der Waals surface area contributed by atoms with Gasteiger partial charge in [-0.15, -0.1) is 0 Å². The van der Waals surface area contributed by atoms with E-state index in [0.29, 0.717) is 11.6 Å². The number of hydrogen-bond acceptors (Lipinski definition) is 3. The molecule has 0 bridgehead atoms. The summed E-state index contributed by atoms with van der Waals surface area (Å²) in [5, 5.41) is 3.62. The molecule has 1 amide bonds. The molecule has 1 N–H and O–H groups in total. The Labute approximate surface area is 153 Å². The number of rotatable bonds is 8. The second-order valence-corrected chi connectivity index (χ2v) is 6.14. The van der Waals surface area contributed by atoms with E-state index in [9.17, 15) is 9.59 Å². The highest BCUT2D eigenvalue weighted by molar-refractivity contribution is 6.31. The van der Waals surface area contributed by atoms with Crippen molar-refractivity contribution >= 4 is 17.5 Å². The van der Waals surface area contributed by atoms with Crippen LogP contribution < -0.4 is 10.9 Å². The van der Waals surface area contributed by atoms with E-state index >= 15 is 0 Å². The summed E-state index contributed by atoms with van der Waals surface area (Å²) in [6.07, 6.45) is 1.61. The van der Waals surface area contributed by atoms with Crippen molar-refractivity contribution in [1.82, 2.24) is 14.8 Å². The predicted molar refractivity (Wildman–Crippen MR) is 101 cm³/mol. The maximum absolute atomic E-state index is 12.3. The lowest BCUT2D eigenvalue weighted by Gasteiger charge is -2.31. The summed E-state index contributed by atoms with van der Waals surface area (Å²) in [7, 11) is 0. The van der Waals surface area contributed by atoms with Crippen molar-refractivity contribution in [1.29, 1.82) is 0 Å². The quantitative estimate of drug-likeness (QED) is 0.786. The number of benzene rings is 1. The average Bonchev–Trinajstić information content (AvgIpc) is 2.61. The monoisotopic (exact) mass is 361 g/mol. The van der Waals surface area contributed by atoms with E-state index < -0.39 is 0 Å². The lowest BCUT2D eigenvalue weighted by atomic mass is 10.0. The molecule has 0 aliphatic heterocycles. The Morgan fingerprint density at radius 1 is 1.16 bits per heavy atom. The molecule has 0 saturated heterocycles. The molecule has 5 nitrogen and oxygen atoms in total. The van der Waals surface area contributed by atoms with Crippen LogP contribution in [0.3, 0.4) is 0 Å².